The molecule has 4 heteroatoms. The van der Waals surface area contributed by atoms with Gasteiger partial charge in [0.15, 0.2) is 0 Å². The largest absolute Gasteiger partial charge is 0.348 e. The smallest absolute Gasteiger partial charge is 0.251 e. The third-order valence-corrected chi connectivity index (χ3v) is 2.82. The molecule has 0 aromatic carbocycles. The Kier molecular flexibility index (Phi) is 3.88. The molecule has 1 unspecified atom stereocenters. The number of pyridine rings is 1. The van der Waals surface area contributed by atoms with Crippen LogP contribution in [0.25, 0.3) is 0 Å². The molecule has 2 N–H and O–H groups in total. The highest BCUT2D eigenvalue weighted by molar-refractivity contribution is 5.94. The molecule has 1 atom stereocenters. The number of carbonyl (C=O) groups excluding carboxylic acids is 1. The molecule has 0 aliphatic carbocycles. The van der Waals surface area contributed by atoms with Crippen molar-refractivity contribution in [1.29, 1.82) is 0 Å². The summed E-state index contributed by atoms with van der Waals surface area (Å²) in [6.45, 7) is 1.93. The van der Waals surface area contributed by atoms with Crippen LogP contribution in [0.1, 0.15) is 29.6 Å². The number of aromatic nitrogens is 1. The molecule has 0 saturated carbocycles. The lowest BCUT2D eigenvalue weighted by Crippen LogP contribution is -2.40. The summed E-state index contributed by atoms with van der Waals surface area (Å²) >= 11 is 0. The molecule has 1 saturated heterocycles. The second-order valence-corrected chi connectivity index (χ2v) is 4.11. The van der Waals surface area contributed by atoms with E-state index in [1.807, 2.05) is 0 Å². The molecular weight excluding hydrogens is 202 g/mol. The third-order valence-electron chi connectivity index (χ3n) is 2.82. The molecular formula is C12H17N3O. The molecule has 16 heavy (non-hydrogen) atoms. The van der Waals surface area contributed by atoms with Gasteiger partial charge in [0.2, 0.25) is 0 Å². The highest BCUT2D eigenvalue weighted by atomic mass is 16.1. The van der Waals surface area contributed by atoms with Crippen LogP contribution in [0.15, 0.2) is 24.5 Å². The van der Waals surface area contributed by atoms with Crippen molar-refractivity contribution in [3.63, 3.8) is 0 Å². The first kappa shape index (κ1) is 11.1. The number of carbonyl (C=O) groups is 1. The van der Waals surface area contributed by atoms with Gasteiger partial charge in [-0.05, 0) is 31.5 Å². The molecule has 2 rings (SSSR count). The van der Waals surface area contributed by atoms with Crippen molar-refractivity contribution in [1.82, 2.24) is 15.6 Å². The first-order chi connectivity index (χ1) is 7.86. The van der Waals surface area contributed by atoms with Gasteiger partial charge in [-0.3, -0.25) is 9.78 Å². The SMILES string of the molecule is O=C(NC1CCCCNC1)c1ccncc1. The van der Waals surface area contributed by atoms with Crippen LogP contribution >= 0.6 is 0 Å². The van der Waals surface area contributed by atoms with Crippen molar-refractivity contribution in [2.45, 2.75) is 25.3 Å². The first-order valence-corrected chi connectivity index (χ1v) is 5.78. The molecule has 1 aliphatic rings. The van der Waals surface area contributed by atoms with Crippen molar-refractivity contribution < 1.29 is 4.79 Å². The van der Waals surface area contributed by atoms with E-state index in [0.29, 0.717) is 5.56 Å². The summed E-state index contributed by atoms with van der Waals surface area (Å²) in [6, 6.07) is 3.72. The molecule has 0 spiro atoms. The maximum atomic E-state index is 11.9. The normalized spacial score (nSPS) is 21.1. The van der Waals surface area contributed by atoms with Gasteiger partial charge < -0.3 is 10.6 Å². The number of nitrogens with zero attached hydrogens (tertiary/aromatic N) is 1. The molecule has 2 heterocycles. The number of hydrogen-bond acceptors (Lipinski definition) is 3. The van der Waals surface area contributed by atoms with E-state index in [9.17, 15) is 4.79 Å². The Hall–Kier alpha value is -1.42. The first-order valence-electron chi connectivity index (χ1n) is 5.78. The van der Waals surface area contributed by atoms with Gasteiger partial charge in [0.25, 0.3) is 5.91 Å². The standard InChI is InChI=1S/C12H17N3O/c16-12(10-4-7-13-8-5-10)15-11-3-1-2-6-14-9-11/h4-5,7-8,11,14H,1-3,6,9H2,(H,15,16). The second kappa shape index (κ2) is 5.61. The Balaban J connectivity index is 1.91. The van der Waals surface area contributed by atoms with Crippen molar-refractivity contribution in [3.05, 3.63) is 30.1 Å². The van der Waals surface area contributed by atoms with Gasteiger partial charge in [-0.25, -0.2) is 0 Å². The number of nitrogens with one attached hydrogen (secondary N) is 2. The summed E-state index contributed by atoms with van der Waals surface area (Å²) < 4.78 is 0. The Morgan fingerprint density at radius 3 is 3.00 bits per heavy atom. The van der Waals surface area contributed by atoms with E-state index in [1.165, 1.54) is 12.8 Å². The minimum Gasteiger partial charge on any atom is -0.348 e. The van der Waals surface area contributed by atoms with Crippen LogP contribution in [0.2, 0.25) is 0 Å². The minimum absolute atomic E-state index is 0.00361. The van der Waals surface area contributed by atoms with Crippen molar-refractivity contribution >= 4 is 5.91 Å². The van der Waals surface area contributed by atoms with Gasteiger partial charge in [-0.1, -0.05) is 6.42 Å². The maximum absolute atomic E-state index is 11.9. The van der Waals surface area contributed by atoms with Crippen LogP contribution < -0.4 is 10.6 Å². The number of amides is 1. The van der Waals surface area contributed by atoms with Gasteiger partial charge >= 0.3 is 0 Å². The van der Waals surface area contributed by atoms with E-state index < -0.39 is 0 Å². The lowest BCUT2D eigenvalue weighted by molar-refractivity contribution is 0.0935. The van der Waals surface area contributed by atoms with Gasteiger partial charge in [0, 0.05) is 30.5 Å². The van der Waals surface area contributed by atoms with Crippen LogP contribution in [0.3, 0.4) is 0 Å². The van der Waals surface area contributed by atoms with Crippen LogP contribution in [0, 0.1) is 0 Å². The molecule has 1 amide bonds. The van der Waals surface area contributed by atoms with Crippen molar-refractivity contribution in [3.8, 4) is 0 Å². The summed E-state index contributed by atoms with van der Waals surface area (Å²) in [7, 11) is 0. The van der Waals surface area contributed by atoms with E-state index in [1.54, 1.807) is 24.5 Å². The topological polar surface area (TPSA) is 54.0 Å². The van der Waals surface area contributed by atoms with E-state index in [-0.39, 0.29) is 11.9 Å². The summed E-state index contributed by atoms with van der Waals surface area (Å²) in [5.41, 5.74) is 0.680. The number of rotatable bonds is 2. The molecule has 1 aliphatic heterocycles. The van der Waals surface area contributed by atoms with Crippen LogP contribution in [-0.4, -0.2) is 30.0 Å². The predicted octanol–water partition coefficient (Wildman–Crippen LogP) is 0.953. The highest BCUT2D eigenvalue weighted by Crippen LogP contribution is 2.05. The van der Waals surface area contributed by atoms with Gasteiger partial charge in [0.05, 0.1) is 0 Å². The Morgan fingerprint density at radius 2 is 2.19 bits per heavy atom. The summed E-state index contributed by atoms with van der Waals surface area (Å²) in [5, 5.41) is 6.37. The molecule has 1 aromatic heterocycles. The molecule has 86 valence electrons. The fourth-order valence-corrected chi connectivity index (χ4v) is 1.91. The minimum atomic E-state index is -0.00361. The third kappa shape index (κ3) is 3.03. The Morgan fingerprint density at radius 1 is 1.38 bits per heavy atom. The van der Waals surface area contributed by atoms with Crippen molar-refractivity contribution in [2.75, 3.05) is 13.1 Å². The lowest BCUT2D eigenvalue weighted by atomic mass is 10.1. The van der Waals surface area contributed by atoms with Crippen LogP contribution in [0.5, 0.6) is 0 Å². The highest BCUT2D eigenvalue weighted by Gasteiger charge is 2.14. The maximum Gasteiger partial charge on any atom is 0.251 e. The fraction of sp³-hybridized carbons (Fsp3) is 0.500. The zero-order valence-electron chi connectivity index (χ0n) is 9.28. The molecule has 1 fully saturated rings. The predicted molar refractivity (Wildman–Crippen MR) is 62.2 cm³/mol. The van der Waals surface area contributed by atoms with Gasteiger partial charge in [-0.15, -0.1) is 0 Å². The average molecular weight is 219 g/mol. The summed E-state index contributed by atoms with van der Waals surface area (Å²) in [4.78, 5) is 15.8. The van der Waals surface area contributed by atoms with Crippen LogP contribution in [0.4, 0.5) is 0 Å². The molecule has 4 nitrogen and oxygen atoms in total. The fourth-order valence-electron chi connectivity index (χ4n) is 1.91. The summed E-state index contributed by atoms with van der Waals surface area (Å²) in [5.74, 6) is -0.00361. The lowest BCUT2D eigenvalue weighted by Gasteiger charge is -2.16. The van der Waals surface area contributed by atoms with Crippen molar-refractivity contribution in [2.24, 2.45) is 0 Å². The van der Waals surface area contributed by atoms with E-state index in [0.717, 1.165) is 19.5 Å². The van der Waals surface area contributed by atoms with Gasteiger partial charge in [0.1, 0.15) is 0 Å². The number of hydrogen-bond donors (Lipinski definition) is 2. The Bertz CT molecular complexity index is 331. The zero-order chi connectivity index (χ0) is 11.2. The zero-order valence-corrected chi connectivity index (χ0v) is 9.28. The Labute approximate surface area is 95.5 Å². The molecule has 0 bridgehead atoms. The van der Waals surface area contributed by atoms with E-state index >= 15 is 0 Å². The van der Waals surface area contributed by atoms with Crippen LogP contribution in [-0.2, 0) is 0 Å². The van der Waals surface area contributed by atoms with Gasteiger partial charge in [-0.2, -0.15) is 0 Å². The monoisotopic (exact) mass is 219 g/mol. The average Bonchev–Trinajstić information content (AvgIpc) is 2.59. The van der Waals surface area contributed by atoms with E-state index in [2.05, 4.69) is 15.6 Å². The van der Waals surface area contributed by atoms with E-state index in [4.69, 9.17) is 0 Å². The molecule has 1 aromatic rings. The molecule has 0 radical (unpaired) electrons. The summed E-state index contributed by atoms with van der Waals surface area (Å²) in [6.07, 6.45) is 6.71. The quantitative estimate of drug-likeness (QED) is 0.778. The second-order valence-electron chi connectivity index (χ2n) is 4.11.